The van der Waals surface area contributed by atoms with E-state index in [1.165, 1.54) is 12.8 Å². The average Bonchev–Trinajstić information content (AvgIpc) is 2.40. The van der Waals surface area contributed by atoms with Gasteiger partial charge in [-0.3, -0.25) is 0 Å². The molecular formula is C6H12N2O. The Kier molecular flexibility index (Phi) is 1.60. The number of carbonyl (C=O) groups is 1. The van der Waals surface area contributed by atoms with E-state index in [0.717, 1.165) is 0 Å². The van der Waals surface area contributed by atoms with Gasteiger partial charge in [0.1, 0.15) is 0 Å². The summed E-state index contributed by atoms with van der Waals surface area (Å²) < 4.78 is 0. The molecule has 2 amide bonds. The minimum Gasteiger partial charge on any atom is -0.352 e. The zero-order chi connectivity index (χ0) is 6.85. The summed E-state index contributed by atoms with van der Waals surface area (Å²) in [5.74, 6) is 0.692. The molecule has 9 heavy (non-hydrogen) atoms. The molecule has 0 saturated heterocycles. The minimum absolute atomic E-state index is 0.280. The average molecular weight is 128 g/mol. The smallest absolute Gasteiger partial charge is 0.312 e. The summed E-state index contributed by atoms with van der Waals surface area (Å²) in [6.45, 7) is 1.99. The number of hydrogen-bond donors (Lipinski definition) is 2. The SMILES string of the molecule is C[C@@H](NC(N)=O)C1CC1. The van der Waals surface area contributed by atoms with Crippen molar-refractivity contribution in [2.24, 2.45) is 11.7 Å². The molecule has 0 aromatic heterocycles. The van der Waals surface area contributed by atoms with Gasteiger partial charge in [0.15, 0.2) is 0 Å². The molecule has 0 aromatic rings. The monoisotopic (exact) mass is 128 g/mol. The number of nitrogens with two attached hydrogens (primary N) is 1. The molecule has 0 heterocycles. The van der Waals surface area contributed by atoms with Crippen LogP contribution < -0.4 is 11.1 Å². The maximum absolute atomic E-state index is 10.3. The molecule has 1 fully saturated rings. The van der Waals surface area contributed by atoms with Gasteiger partial charge in [0.2, 0.25) is 0 Å². The van der Waals surface area contributed by atoms with Gasteiger partial charge in [0.05, 0.1) is 0 Å². The van der Waals surface area contributed by atoms with Gasteiger partial charge in [-0.2, -0.15) is 0 Å². The number of primary amides is 1. The number of urea groups is 1. The highest BCUT2D eigenvalue weighted by atomic mass is 16.2. The second-order valence-electron chi connectivity index (χ2n) is 2.63. The number of carbonyl (C=O) groups excluding carboxylic acids is 1. The predicted octanol–water partition coefficient (Wildman–Crippen LogP) is 0.453. The highest BCUT2D eigenvalue weighted by Gasteiger charge is 2.28. The number of nitrogens with one attached hydrogen (secondary N) is 1. The van der Waals surface area contributed by atoms with Crippen LogP contribution in [0.2, 0.25) is 0 Å². The van der Waals surface area contributed by atoms with E-state index in [0.29, 0.717) is 5.92 Å². The quantitative estimate of drug-likeness (QED) is 0.557. The minimum atomic E-state index is -0.408. The summed E-state index contributed by atoms with van der Waals surface area (Å²) in [5, 5.41) is 2.64. The molecule has 0 unspecified atom stereocenters. The van der Waals surface area contributed by atoms with Crippen molar-refractivity contribution >= 4 is 6.03 Å². The molecule has 0 aromatic carbocycles. The fourth-order valence-corrected chi connectivity index (χ4v) is 0.938. The highest BCUT2D eigenvalue weighted by molar-refractivity contribution is 5.71. The van der Waals surface area contributed by atoms with Crippen molar-refractivity contribution in [2.75, 3.05) is 0 Å². The van der Waals surface area contributed by atoms with Gasteiger partial charge in [-0.25, -0.2) is 4.79 Å². The molecule has 0 radical (unpaired) electrons. The van der Waals surface area contributed by atoms with Crippen LogP contribution in [0.25, 0.3) is 0 Å². The van der Waals surface area contributed by atoms with Gasteiger partial charge in [0.25, 0.3) is 0 Å². The largest absolute Gasteiger partial charge is 0.352 e. The first-order valence-electron chi connectivity index (χ1n) is 3.26. The van der Waals surface area contributed by atoms with Crippen LogP contribution in [0.15, 0.2) is 0 Å². The van der Waals surface area contributed by atoms with Crippen molar-refractivity contribution < 1.29 is 4.79 Å². The van der Waals surface area contributed by atoms with Crippen LogP contribution in [-0.4, -0.2) is 12.1 Å². The molecule has 3 heteroatoms. The van der Waals surface area contributed by atoms with Crippen LogP contribution >= 0.6 is 0 Å². The number of hydrogen-bond acceptors (Lipinski definition) is 1. The van der Waals surface area contributed by atoms with Crippen molar-refractivity contribution in [1.29, 1.82) is 0 Å². The Labute approximate surface area is 54.6 Å². The van der Waals surface area contributed by atoms with Gasteiger partial charge in [-0.05, 0) is 25.7 Å². The number of rotatable bonds is 2. The molecular weight excluding hydrogens is 116 g/mol. The number of amides is 2. The zero-order valence-electron chi connectivity index (χ0n) is 5.55. The van der Waals surface area contributed by atoms with E-state index in [2.05, 4.69) is 5.32 Å². The molecule has 1 atom stereocenters. The molecule has 0 bridgehead atoms. The lowest BCUT2D eigenvalue weighted by molar-refractivity contribution is 0.244. The Balaban J connectivity index is 2.17. The third-order valence-electron chi connectivity index (χ3n) is 1.70. The van der Waals surface area contributed by atoms with Crippen molar-refractivity contribution in [3.63, 3.8) is 0 Å². The molecule has 52 valence electrons. The standard InChI is InChI=1S/C6H12N2O/c1-4(5-2-3-5)8-6(7)9/h4-5H,2-3H2,1H3,(H3,7,8,9)/t4-/m1/s1. The Hall–Kier alpha value is -0.730. The molecule has 0 spiro atoms. The van der Waals surface area contributed by atoms with Gasteiger partial charge >= 0.3 is 6.03 Å². The van der Waals surface area contributed by atoms with Crippen molar-refractivity contribution in [3.05, 3.63) is 0 Å². The third-order valence-corrected chi connectivity index (χ3v) is 1.70. The Bertz CT molecular complexity index is 120. The van der Waals surface area contributed by atoms with Crippen LogP contribution in [0.4, 0.5) is 4.79 Å². The summed E-state index contributed by atoms with van der Waals surface area (Å²) in [5.41, 5.74) is 4.91. The van der Waals surface area contributed by atoms with Crippen LogP contribution in [0.3, 0.4) is 0 Å². The first-order valence-corrected chi connectivity index (χ1v) is 3.26. The van der Waals surface area contributed by atoms with E-state index in [1.54, 1.807) is 0 Å². The predicted molar refractivity (Wildman–Crippen MR) is 34.9 cm³/mol. The van der Waals surface area contributed by atoms with Crippen LogP contribution in [-0.2, 0) is 0 Å². The molecule has 1 aliphatic rings. The third kappa shape index (κ3) is 1.91. The van der Waals surface area contributed by atoms with Gasteiger partial charge in [0, 0.05) is 6.04 Å². The van der Waals surface area contributed by atoms with Crippen molar-refractivity contribution in [2.45, 2.75) is 25.8 Å². The van der Waals surface area contributed by atoms with E-state index in [1.807, 2.05) is 6.92 Å². The Morgan fingerprint density at radius 2 is 2.33 bits per heavy atom. The van der Waals surface area contributed by atoms with E-state index >= 15 is 0 Å². The van der Waals surface area contributed by atoms with Crippen LogP contribution in [0, 0.1) is 5.92 Å². The van der Waals surface area contributed by atoms with Gasteiger partial charge in [-0.15, -0.1) is 0 Å². The zero-order valence-corrected chi connectivity index (χ0v) is 5.55. The van der Waals surface area contributed by atoms with Gasteiger partial charge < -0.3 is 11.1 Å². The molecule has 3 N–H and O–H groups in total. The second-order valence-corrected chi connectivity index (χ2v) is 2.63. The normalized spacial score (nSPS) is 21.0. The maximum atomic E-state index is 10.3. The summed E-state index contributed by atoms with van der Waals surface area (Å²) >= 11 is 0. The Morgan fingerprint density at radius 3 is 2.67 bits per heavy atom. The van der Waals surface area contributed by atoms with Gasteiger partial charge in [-0.1, -0.05) is 0 Å². The molecule has 0 aliphatic heterocycles. The lowest BCUT2D eigenvalue weighted by Crippen LogP contribution is -2.37. The summed E-state index contributed by atoms with van der Waals surface area (Å²) in [6, 6.07) is -0.128. The van der Waals surface area contributed by atoms with Crippen molar-refractivity contribution in [3.8, 4) is 0 Å². The highest BCUT2D eigenvalue weighted by Crippen LogP contribution is 2.32. The van der Waals surface area contributed by atoms with E-state index in [9.17, 15) is 4.79 Å². The molecule has 1 aliphatic carbocycles. The van der Waals surface area contributed by atoms with E-state index < -0.39 is 6.03 Å². The van der Waals surface area contributed by atoms with E-state index in [-0.39, 0.29) is 6.04 Å². The topological polar surface area (TPSA) is 55.1 Å². The summed E-state index contributed by atoms with van der Waals surface area (Å²) in [7, 11) is 0. The molecule has 3 nitrogen and oxygen atoms in total. The first kappa shape index (κ1) is 6.39. The second kappa shape index (κ2) is 2.25. The maximum Gasteiger partial charge on any atom is 0.312 e. The lowest BCUT2D eigenvalue weighted by atomic mass is 10.2. The fraction of sp³-hybridized carbons (Fsp3) is 0.833. The van der Waals surface area contributed by atoms with Crippen LogP contribution in [0.5, 0.6) is 0 Å². The molecule has 1 rings (SSSR count). The Morgan fingerprint density at radius 1 is 1.78 bits per heavy atom. The summed E-state index contributed by atoms with van der Waals surface area (Å²) in [6.07, 6.45) is 2.48. The van der Waals surface area contributed by atoms with E-state index in [4.69, 9.17) is 5.73 Å². The van der Waals surface area contributed by atoms with Crippen LogP contribution in [0.1, 0.15) is 19.8 Å². The molecule has 1 saturated carbocycles. The fourth-order valence-electron chi connectivity index (χ4n) is 0.938. The summed E-state index contributed by atoms with van der Waals surface area (Å²) in [4.78, 5) is 10.3. The lowest BCUT2D eigenvalue weighted by Gasteiger charge is -2.08. The first-order chi connectivity index (χ1) is 4.20. The van der Waals surface area contributed by atoms with Crippen molar-refractivity contribution in [1.82, 2.24) is 5.32 Å².